The first-order valence-electron chi connectivity index (χ1n) is 4.67. The zero-order valence-electron chi connectivity index (χ0n) is 8.96. The van der Waals surface area contributed by atoms with Crippen LogP contribution in [0.25, 0.3) is 0 Å². The van der Waals surface area contributed by atoms with E-state index in [1.165, 1.54) is 19.1 Å². The zero-order chi connectivity index (χ0) is 13.2. The second kappa shape index (κ2) is 5.25. The van der Waals surface area contributed by atoms with Gasteiger partial charge in [0.2, 0.25) is 5.91 Å². The number of benzene rings is 1. The SMILES string of the molecule is CC(NC(=O)c1cc(N)cc(Cl)c1Cl)C(N)=O. The molecule has 7 heteroatoms. The third kappa shape index (κ3) is 3.25. The van der Waals surface area contributed by atoms with Crippen molar-refractivity contribution in [2.45, 2.75) is 13.0 Å². The summed E-state index contributed by atoms with van der Waals surface area (Å²) in [6, 6.07) is 1.99. The zero-order valence-corrected chi connectivity index (χ0v) is 10.5. The van der Waals surface area contributed by atoms with Crippen molar-refractivity contribution < 1.29 is 9.59 Å². The van der Waals surface area contributed by atoms with Crippen LogP contribution in [0.5, 0.6) is 0 Å². The van der Waals surface area contributed by atoms with E-state index in [0.717, 1.165) is 0 Å². The monoisotopic (exact) mass is 275 g/mol. The molecule has 0 aliphatic carbocycles. The average Bonchev–Trinajstić information content (AvgIpc) is 2.22. The Morgan fingerprint density at radius 2 is 1.94 bits per heavy atom. The molecule has 0 radical (unpaired) electrons. The van der Waals surface area contributed by atoms with E-state index in [1.807, 2.05) is 0 Å². The molecule has 5 nitrogen and oxygen atoms in total. The fourth-order valence-electron chi connectivity index (χ4n) is 1.12. The molecular formula is C10H11Cl2N3O2. The van der Waals surface area contributed by atoms with Gasteiger partial charge < -0.3 is 16.8 Å². The number of nitrogens with two attached hydrogens (primary N) is 2. The van der Waals surface area contributed by atoms with Crippen LogP contribution < -0.4 is 16.8 Å². The van der Waals surface area contributed by atoms with Crippen molar-refractivity contribution in [2.75, 3.05) is 5.73 Å². The van der Waals surface area contributed by atoms with Crippen LogP contribution in [0.1, 0.15) is 17.3 Å². The second-order valence-electron chi connectivity index (χ2n) is 3.46. The highest BCUT2D eigenvalue weighted by atomic mass is 35.5. The van der Waals surface area contributed by atoms with Gasteiger partial charge in [-0.3, -0.25) is 9.59 Å². The summed E-state index contributed by atoms with van der Waals surface area (Å²) in [5, 5.41) is 2.63. The third-order valence-electron chi connectivity index (χ3n) is 2.07. The van der Waals surface area contributed by atoms with Crippen molar-refractivity contribution in [1.82, 2.24) is 5.32 Å². The average molecular weight is 276 g/mol. The Hall–Kier alpha value is -1.46. The van der Waals surface area contributed by atoms with E-state index in [2.05, 4.69) is 5.32 Å². The number of halogens is 2. The van der Waals surface area contributed by atoms with Crippen molar-refractivity contribution in [3.05, 3.63) is 27.7 Å². The van der Waals surface area contributed by atoms with E-state index < -0.39 is 17.9 Å². The summed E-state index contributed by atoms with van der Waals surface area (Å²) >= 11 is 11.6. The topological polar surface area (TPSA) is 98.2 Å². The van der Waals surface area contributed by atoms with Gasteiger partial charge in [-0.15, -0.1) is 0 Å². The second-order valence-corrected chi connectivity index (χ2v) is 4.25. The van der Waals surface area contributed by atoms with Crippen LogP contribution in [0.15, 0.2) is 12.1 Å². The summed E-state index contributed by atoms with van der Waals surface area (Å²) in [5.74, 6) is -1.21. The number of rotatable bonds is 3. The number of hydrogen-bond donors (Lipinski definition) is 3. The molecule has 2 amide bonds. The van der Waals surface area contributed by atoms with Gasteiger partial charge in [0.05, 0.1) is 15.6 Å². The fraction of sp³-hybridized carbons (Fsp3) is 0.200. The Kier molecular flexibility index (Phi) is 4.20. The van der Waals surface area contributed by atoms with Crippen LogP contribution in [-0.2, 0) is 4.79 Å². The summed E-state index contributed by atoms with van der Waals surface area (Å²) < 4.78 is 0. The molecule has 0 saturated carbocycles. The molecule has 1 aromatic carbocycles. The van der Waals surface area contributed by atoms with E-state index in [-0.39, 0.29) is 15.6 Å². The molecule has 0 spiro atoms. The van der Waals surface area contributed by atoms with Gasteiger partial charge >= 0.3 is 0 Å². The molecule has 0 bridgehead atoms. The summed E-state index contributed by atoms with van der Waals surface area (Å²) in [5.41, 5.74) is 11.0. The van der Waals surface area contributed by atoms with Crippen LogP contribution in [0.4, 0.5) is 5.69 Å². The van der Waals surface area contributed by atoms with Gasteiger partial charge in [0, 0.05) is 5.69 Å². The van der Waals surface area contributed by atoms with Gasteiger partial charge in [-0.25, -0.2) is 0 Å². The van der Waals surface area contributed by atoms with Gasteiger partial charge in [-0.2, -0.15) is 0 Å². The van der Waals surface area contributed by atoms with Crippen molar-refractivity contribution in [3.63, 3.8) is 0 Å². The van der Waals surface area contributed by atoms with Gasteiger partial charge in [0.1, 0.15) is 6.04 Å². The molecular weight excluding hydrogens is 265 g/mol. The number of anilines is 1. The van der Waals surface area contributed by atoms with Crippen LogP contribution in [0.2, 0.25) is 10.0 Å². The standard InChI is InChI=1S/C10H11Cl2N3O2/c1-4(9(14)16)15-10(17)6-2-5(13)3-7(11)8(6)12/h2-4H,13H2,1H3,(H2,14,16)(H,15,17). The number of nitrogens with one attached hydrogen (secondary N) is 1. The smallest absolute Gasteiger partial charge is 0.253 e. The number of primary amides is 1. The fourth-order valence-corrected chi connectivity index (χ4v) is 1.54. The highest BCUT2D eigenvalue weighted by molar-refractivity contribution is 6.44. The van der Waals surface area contributed by atoms with Crippen molar-refractivity contribution in [1.29, 1.82) is 0 Å². The van der Waals surface area contributed by atoms with Gasteiger partial charge in [0.25, 0.3) is 5.91 Å². The minimum absolute atomic E-state index is 0.0787. The Bertz CT molecular complexity index is 477. The number of nitrogen functional groups attached to an aromatic ring is 1. The van der Waals surface area contributed by atoms with Crippen LogP contribution >= 0.6 is 23.2 Å². The number of carbonyl (C=O) groups is 2. The largest absolute Gasteiger partial charge is 0.399 e. The molecule has 17 heavy (non-hydrogen) atoms. The maximum Gasteiger partial charge on any atom is 0.253 e. The summed E-state index contributed by atoms with van der Waals surface area (Å²) in [6.07, 6.45) is 0. The van der Waals surface area contributed by atoms with Crippen LogP contribution in [0.3, 0.4) is 0 Å². The summed E-state index contributed by atoms with van der Waals surface area (Å²) in [4.78, 5) is 22.6. The van der Waals surface area contributed by atoms with Crippen molar-refractivity contribution in [3.8, 4) is 0 Å². The Morgan fingerprint density at radius 3 is 2.47 bits per heavy atom. The van der Waals surface area contributed by atoms with E-state index in [1.54, 1.807) is 0 Å². The number of amides is 2. The lowest BCUT2D eigenvalue weighted by atomic mass is 10.1. The molecule has 0 aliphatic rings. The first kappa shape index (κ1) is 13.6. The molecule has 0 aromatic heterocycles. The molecule has 0 saturated heterocycles. The minimum atomic E-state index is -0.807. The van der Waals surface area contributed by atoms with Crippen molar-refractivity contribution >= 4 is 40.7 Å². The lowest BCUT2D eigenvalue weighted by Crippen LogP contribution is -2.42. The van der Waals surface area contributed by atoms with E-state index >= 15 is 0 Å². The Morgan fingerprint density at radius 1 is 1.35 bits per heavy atom. The van der Waals surface area contributed by atoms with Crippen LogP contribution in [-0.4, -0.2) is 17.9 Å². The Balaban J connectivity index is 3.01. The summed E-state index contributed by atoms with van der Waals surface area (Å²) in [6.45, 7) is 1.46. The maximum absolute atomic E-state index is 11.8. The third-order valence-corrected chi connectivity index (χ3v) is 2.87. The molecule has 1 aromatic rings. The molecule has 0 fully saturated rings. The lowest BCUT2D eigenvalue weighted by Gasteiger charge is -2.12. The summed E-state index contributed by atoms with van der Waals surface area (Å²) in [7, 11) is 0. The first-order chi connectivity index (χ1) is 7.82. The van der Waals surface area contributed by atoms with E-state index in [4.69, 9.17) is 34.7 Å². The predicted molar refractivity (Wildman–Crippen MR) is 67.0 cm³/mol. The van der Waals surface area contributed by atoms with E-state index in [9.17, 15) is 9.59 Å². The number of hydrogen-bond acceptors (Lipinski definition) is 3. The highest BCUT2D eigenvalue weighted by Crippen LogP contribution is 2.28. The molecule has 0 aliphatic heterocycles. The maximum atomic E-state index is 11.8. The van der Waals surface area contributed by atoms with Crippen LogP contribution in [0, 0.1) is 0 Å². The molecule has 1 unspecified atom stereocenters. The quantitative estimate of drug-likeness (QED) is 0.723. The molecule has 1 rings (SSSR count). The molecule has 5 N–H and O–H groups in total. The lowest BCUT2D eigenvalue weighted by molar-refractivity contribution is -0.119. The Labute approximate surface area is 108 Å². The molecule has 92 valence electrons. The molecule has 1 atom stereocenters. The van der Waals surface area contributed by atoms with Gasteiger partial charge in [-0.1, -0.05) is 23.2 Å². The normalized spacial score (nSPS) is 11.9. The minimum Gasteiger partial charge on any atom is -0.399 e. The van der Waals surface area contributed by atoms with Gasteiger partial charge in [0.15, 0.2) is 0 Å². The number of carbonyl (C=O) groups excluding carboxylic acids is 2. The predicted octanol–water partition coefficient (Wildman–Crippen LogP) is 1.18. The molecule has 0 heterocycles. The highest BCUT2D eigenvalue weighted by Gasteiger charge is 2.18. The van der Waals surface area contributed by atoms with Crippen molar-refractivity contribution in [2.24, 2.45) is 5.73 Å². The first-order valence-corrected chi connectivity index (χ1v) is 5.43. The van der Waals surface area contributed by atoms with E-state index in [0.29, 0.717) is 5.69 Å². The van der Waals surface area contributed by atoms with Gasteiger partial charge in [-0.05, 0) is 19.1 Å².